The summed E-state index contributed by atoms with van der Waals surface area (Å²) in [5, 5.41) is 12.5. The van der Waals surface area contributed by atoms with Crippen LogP contribution in [-0.4, -0.2) is 24.7 Å². The quantitative estimate of drug-likeness (QED) is 0.854. The molecule has 2 unspecified atom stereocenters. The van der Waals surface area contributed by atoms with E-state index in [2.05, 4.69) is 5.32 Å². The van der Waals surface area contributed by atoms with Gasteiger partial charge in [-0.2, -0.15) is 0 Å². The van der Waals surface area contributed by atoms with Gasteiger partial charge in [0.2, 0.25) is 0 Å². The molecule has 1 aliphatic heterocycles. The van der Waals surface area contributed by atoms with E-state index in [1.165, 1.54) is 0 Å². The van der Waals surface area contributed by atoms with Gasteiger partial charge < -0.3 is 19.9 Å². The molecule has 1 aliphatic rings. The number of carboxylic acid groups (broad SMARTS) is 1. The molecule has 0 aromatic heterocycles. The first-order valence-electron chi connectivity index (χ1n) is 7.99. The minimum atomic E-state index is -0.764. The number of carboxylic acids is 1. The smallest absolute Gasteiger partial charge is 0.307 e. The van der Waals surface area contributed by atoms with Crippen molar-refractivity contribution in [1.82, 2.24) is 5.32 Å². The van der Waals surface area contributed by atoms with Crippen LogP contribution in [0.1, 0.15) is 23.6 Å². The summed E-state index contributed by atoms with van der Waals surface area (Å²) < 4.78 is 11.5. The lowest BCUT2D eigenvalue weighted by atomic mass is 9.99. The average molecular weight is 327 g/mol. The van der Waals surface area contributed by atoms with Gasteiger partial charge in [-0.15, -0.1) is 0 Å². The minimum absolute atomic E-state index is 0.0491. The van der Waals surface area contributed by atoms with Crippen molar-refractivity contribution in [1.29, 1.82) is 0 Å². The van der Waals surface area contributed by atoms with Crippen LogP contribution in [0.2, 0.25) is 0 Å². The summed E-state index contributed by atoms with van der Waals surface area (Å²) in [5.41, 5.74) is 2.01. The number of aliphatic carboxylic acids is 1. The predicted molar refractivity (Wildman–Crippen MR) is 90.3 cm³/mol. The van der Waals surface area contributed by atoms with Crippen LogP contribution in [0.3, 0.4) is 0 Å². The van der Waals surface area contributed by atoms with Crippen LogP contribution in [0.25, 0.3) is 0 Å². The number of para-hydroxylation sites is 1. The van der Waals surface area contributed by atoms with Crippen LogP contribution >= 0.6 is 0 Å². The third-order valence-corrected chi connectivity index (χ3v) is 4.31. The van der Waals surface area contributed by atoms with Crippen LogP contribution < -0.4 is 14.8 Å². The van der Waals surface area contributed by atoms with E-state index in [4.69, 9.17) is 9.47 Å². The normalized spacial score (nSPS) is 19.9. The largest absolute Gasteiger partial charge is 0.493 e. The lowest BCUT2D eigenvalue weighted by Gasteiger charge is -2.19. The number of benzene rings is 2. The van der Waals surface area contributed by atoms with Gasteiger partial charge in [-0.25, -0.2) is 0 Å². The SMILES string of the molecule is COc1cccc(C2CC(C(=O)O)CN2)c1OCc1ccccc1. The Bertz CT molecular complexity index is 702. The van der Waals surface area contributed by atoms with Crippen LogP contribution in [-0.2, 0) is 11.4 Å². The standard InChI is InChI=1S/C19H21NO4/c1-23-17-9-5-8-15(16-10-14(11-20-16)19(21)22)18(17)24-12-13-6-3-2-4-7-13/h2-9,14,16,20H,10-12H2,1H3,(H,21,22). The van der Waals surface area contributed by atoms with Crippen LogP contribution in [0.15, 0.2) is 48.5 Å². The van der Waals surface area contributed by atoms with Crippen molar-refractivity contribution in [2.45, 2.75) is 19.1 Å². The highest BCUT2D eigenvalue weighted by Crippen LogP contribution is 2.39. The predicted octanol–water partition coefficient (Wildman–Crippen LogP) is 3.01. The molecule has 2 aromatic carbocycles. The Morgan fingerprint density at radius 1 is 1.21 bits per heavy atom. The summed E-state index contributed by atoms with van der Waals surface area (Å²) in [6.45, 7) is 0.901. The molecule has 5 heteroatoms. The number of rotatable bonds is 6. The Morgan fingerprint density at radius 3 is 2.67 bits per heavy atom. The van der Waals surface area contributed by atoms with E-state index in [0.29, 0.717) is 31.1 Å². The van der Waals surface area contributed by atoms with Crippen LogP contribution in [0.5, 0.6) is 11.5 Å². The molecule has 0 aliphatic carbocycles. The highest BCUT2D eigenvalue weighted by Gasteiger charge is 2.32. The zero-order valence-electron chi connectivity index (χ0n) is 13.6. The van der Waals surface area contributed by atoms with Crippen molar-refractivity contribution in [2.24, 2.45) is 5.92 Å². The summed E-state index contributed by atoms with van der Waals surface area (Å²) in [6, 6.07) is 15.6. The van der Waals surface area contributed by atoms with E-state index >= 15 is 0 Å². The van der Waals surface area contributed by atoms with Gasteiger partial charge in [0.15, 0.2) is 11.5 Å². The number of hydrogen-bond acceptors (Lipinski definition) is 4. The van der Waals surface area contributed by atoms with E-state index in [1.54, 1.807) is 7.11 Å². The maximum atomic E-state index is 11.2. The molecule has 1 saturated heterocycles. The van der Waals surface area contributed by atoms with Crippen LogP contribution in [0.4, 0.5) is 0 Å². The Balaban J connectivity index is 1.83. The number of nitrogens with one attached hydrogen (secondary N) is 1. The van der Waals surface area contributed by atoms with Gasteiger partial charge in [0.05, 0.1) is 13.0 Å². The summed E-state index contributed by atoms with van der Waals surface area (Å²) in [6.07, 6.45) is 0.546. The van der Waals surface area contributed by atoms with E-state index in [0.717, 1.165) is 11.1 Å². The van der Waals surface area contributed by atoms with Crippen molar-refractivity contribution in [3.63, 3.8) is 0 Å². The van der Waals surface area contributed by atoms with Crippen molar-refractivity contribution < 1.29 is 19.4 Å². The van der Waals surface area contributed by atoms with Gasteiger partial charge in [-0.1, -0.05) is 42.5 Å². The Labute approximate surface area is 141 Å². The summed E-state index contributed by atoms with van der Waals surface area (Å²) >= 11 is 0. The number of ether oxygens (including phenoxy) is 2. The van der Waals surface area contributed by atoms with Crippen molar-refractivity contribution >= 4 is 5.97 Å². The highest BCUT2D eigenvalue weighted by atomic mass is 16.5. The molecule has 0 spiro atoms. The van der Waals surface area contributed by atoms with Crippen LogP contribution in [0, 0.1) is 5.92 Å². The fraction of sp³-hybridized carbons (Fsp3) is 0.316. The van der Waals surface area contributed by atoms with Gasteiger partial charge in [0.25, 0.3) is 0 Å². The molecule has 2 N–H and O–H groups in total. The summed E-state index contributed by atoms with van der Waals surface area (Å²) in [5.74, 6) is 0.194. The molecule has 5 nitrogen and oxygen atoms in total. The van der Waals surface area contributed by atoms with Gasteiger partial charge >= 0.3 is 5.97 Å². The third-order valence-electron chi connectivity index (χ3n) is 4.31. The molecular weight excluding hydrogens is 306 g/mol. The molecule has 0 radical (unpaired) electrons. The lowest BCUT2D eigenvalue weighted by Crippen LogP contribution is -2.17. The third kappa shape index (κ3) is 3.51. The fourth-order valence-electron chi connectivity index (χ4n) is 3.01. The topological polar surface area (TPSA) is 67.8 Å². The second-order valence-corrected chi connectivity index (χ2v) is 5.88. The molecule has 24 heavy (non-hydrogen) atoms. The Morgan fingerprint density at radius 2 is 2.00 bits per heavy atom. The molecular formula is C19H21NO4. The Hall–Kier alpha value is -2.53. The monoisotopic (exact) mass is 327 g/mol. The Kier molecular flexibility index (Phi) is 5.01. The average Bonchev–Trinajstić information content (AvgIpc) is 3.10. The maximum Gasteiger partial charge on any atom is 0.307 e. The zero-order chi connectivity index (χ0) is 16.9. The lowest BCUT2D eigenvalue weighted by molar-refractivity contribution is -0.141. The highest BCUT2D eigenvalue weighted by molar-refractivity contribution is 5.71. The first-order chi connectivity index (χ1) is 11.7. The van der Waals surface area contributed by atoms with E-state index < -0.39 is 5.97 Å². The van der Waals surface area contributed by atoms with Crippen molar-refractivity contribution in [3.8, 4) is 11.5 Å². The van der Waals surface area contributed by atoms with Gasteiger partial charge in [-0.3, -0.25) is 4.79 Å². The van der Waals surface area contributed by atoms with E-state index in [-0.39, 0.29) is 12.0 Å². The second-order valence-electron chi connectivity index (χ2n) is 5.88. The molecule has 0 saturated carbocycles. The number of methoxy groups -OCH3 is 1. The van der Waals surface area contributed by atoms with E-state index in [1.807, 2.05) is 48.5 Å². The molecule has 0 amide bonds. The molecule has 126 valence electrons. The van der Waals surface area contributed by atoms with Gasteiger partial charge in [-0.05, 0) is 18.1 Å². The number of carbonyl (C=O) groups is 1. The van der Waals surface area contributed by atoms with Crippen molar-refractivity contribution in [2.75, 3.05) is 13.7 Å². The van der Waals surface area contributed by atoms with Gasteiger partial charge in [0.1, 0.15) is 6.61 Å². The first-order valence-corrected chi connectivity index (χ1v) is 7.99. The maximum absolute atomic E-state index is 11.2. The molecule has 2 atom stereocenters. The molecule has 1 fully saturated rings. The molecule has 0 bridgehead atoms. The summed E-state index contributed by atoms with van der Waals surface area (Å²) in [4.78, 5) is 11.2. The van der Waals surface area contributed by atoms with Crippen molar-refractivity contribution in [3.05, 3.63) is 59.7 Å². The molecule has 1 heterocycles. The summed E-state index contributed by atoms with van der Waals surface area (Å²) in [7, 11) is 1.61. The van der Waals surface area contributed by atoms with Gasteiger partial charge in [0, 0.05) is 18.2 Å². The second kappa shape index (κ2) is 7.36. The fourth-order valence-corrected chi connectivity index (χ4v) is 3.01. The first kappa shape index (κ1) is 16.3. The van der Waals surface area contributed by atoms with E-state index in [9.17, 15) is 9.90 Å². The zero-order valence-corrected chi connectivity index (χ0v) is 13.6. The molecule has 2 aromatic rings. The minimum Gasteiger partial charge on any atom is -0.493 e. The molecule has 3 rings (SSSR count). The number of hydrogen-bond donors (Lipinski definition) is 2.